The molecule has 0 saturated carbocycles. The van der Waals surface area contributed by atoms with E-state index in [1.54, 1.807) is 17.5 Å². The summed E-state index contributed by atoms with van der Waals surface area (Å²) < 4.78 is 0. The zero-order valence-corrected chi connectivity index (χ0v) is 15.6. The van der Waals surface area contributed by atoms with Crippen molar-refractivity contribution in [1.82, 2.24) is 24.8 Å². The first-order chi connectivity index (χ1) is 12.8. The van der Waals surface area contributed by atoms with Crippen LogP contribution in [0.2, 0.25) is 0 Å². The van der Waals surface area contributed by atoms with Crippen LogP contribution >= 0.6 is 11.3 Å². The predicted molar refractivity (Wildman–Crippen MR) is 104 cm³/mol. The van der Waals surface area contributed by atoms with E-state index in [1.807, 2.05) is 30.6 Å². The van der Waals surface area contributed by atoms with Crippen molar-refractivity contribution in [3.05, 3.63) is 58.6 Å². The molecule has 4 heterocycles. The molecule has 7 heteroatoms. The van der Waals surface area contributed by atoms with Crippen LogP contribution in [0.25, 0.3) is 0 Å². The van der Waals surface area contributed by atoms with Crippen LogP contribution in [0.15, 0.2) is 41.4 Å². The fraction of sp³-hybridized carbons (Fsp3) is 0.368. The van der Waals surface area contributed by atoms with Gasteiger partial charge in [-0.05, 0) is 38.4 Å². The van der Waals surface area contributed by atoms with E-state index in [1.165, 1.54) is 6.42 Å². The van der Waals surface area contributed by atoms with Crippen LogP contribution in [0, 0.1) is 6.92 Å². The second-order valence-electron chi connectivity index (χ2n) is 6.62. The summed E-state index contributed by atoms with van der Waals surface area (Å²) >= 11 is 1.66. The third-order valence-corrected chi connectivity index (χ3v) is 5.21. The van der Waals surface area contributed by atoms with E-state index in [0.717, 1.165) is 54.9 Å². The topological polar surface area (TPSA) is 66.8 Å². The van der Waals surface area contributed by atoms with Crippen LogP contribution in [-0.4, -0.2) is 37.9 Å². The number of anilines is 2. The van der Waals surface area contributed by atoms with Gasteiger partial charge in [-0.1, -0.05) is 6.07 Å². The smallest absolute Gasteiger partial charge is 0.135 e. The van der Waals surface area contributed by atoms with Gasteiger partial charge in [-0.25, -0.2) is 19.9 Å². The van der Waals surface area contributed by atoms with Crippen molar-refractivity contribution in [3.63, 3.8) is 0 Å². The van der Waals surface area contributed by atoms with Crippen LogP contribution in [0.1, 0.15) is 36.0 Å². The van der Waals surface area contributed by atoms with Crippen LogP contribution in [-0.2, 0) is 6.54 Å². The van der Waals surface area contributed by atoms with Crippen molar-refractivity contribution < 1.29 is 0 Å². The molecule has 1 saturated heterocycles. The van der Waals surface area contributed by atoms with Gasteiger partial charge >= 0.3 is 0 Å². The molecular formula is C19H22N6S. The first-order valence-corrected chi connectivity index (χ1v) is 9.83. The molecule has 1 N–H and O–H groups in total. The van der Waals surface area contributed by atoms with Crippen molar-refractivity contribution in [1.29, 1.82) is 0 Å². The molecule has 1 unspecified atom stereocenters. The SMILES string of the molecule is Cc1nc(Nc2ccccn2)cc(C2CCCN(Cc3cscn3)C2)n1. The molecule has 4 rings (SSSR count). The Morgan fingerprint density at radius 2 is 2.19 bits per heavy atom. The number of rotatable bonds is 5. The Morgan fingerprint density at radius 1 is 1.23 bits per heavy atom. The number of piperidine rings is 1. The van der Waals surface area contributed by atoms with Gasteiger partial charge in [-0.2, -0.15) is 0 Å². The lowest BCUT2D eigenvalue weighted by Gasteiger charge is -2.32. The summed E-state index contributed by atoms with van der Waals surface area (Å²) in [7, 11) is 0. The highest BCUT2D eigenvalue weighted by atomic mass is 32.1. The Labute approximate surface area is 157 Å². The number of likely N-dealkylation sites (tertiary alicyclic amines) is 1. The van der Waals surface area contributed by atoms with Gasteiger partial charge in [-0.15, -0.1) is 11.3 Å². The largest absolute Gasteiger partial charge is 0.325 e. The highest BCUT2D eigenvalue weighted by Gasteiger charge is 2.23. The number of nitrogens with one attached hydrogen (secondary N) is 1. The van der Waals surface area contributed by atoms with Gasteiger partial charge < -0.3 is 5.32 Å². The van der Waals surface area contributed by atoms with Crippen molar-refractivity contribution in [2.45, 2.75) is 32.2 Å². The quantitative estimate of drug-likeness (QED) is 0.742. The third-order valence-electron chi connectivity index (χ3n) is 4.57. The van der Waals surface area contributed by atoms with Crippen LogP contribution < -0.4 is 5.32 Å². The van der Waals surface area contributed by atoms with E-state index < -0.39 is 0 Å². The molecular weight excluding hydrogens is 344 g/mol. The van der Waals surface area contributed by atoms with E-state index in [2.05, 4.69) is 36.6 Å². The highest BCUT2D eigenvalue weighted by Crippen LogP contribution is 2.28. The Kier molecular flexibility index (Phi) is 5.17. The van der Waals surface area contributed by atoms with Crippen LogP contribution in [0.5, 0.6) is 0 Å². The first kappa shape index (κ1) is 17.1. The van der Waals surface area contributed by atoms with Crippen molar-refractivity contribution >= 4 is 23.0 Å². The van der Waals surface area contributed by atoms with E-state index in [0.29, 0.717) is 5.92 Å². The van der Waals surface area contributed by atoms with Gasteiger partial charge in [0.15, 0.2) is 0 Å². The fourth-order valence-electron chi connectivity index (χ4n) is 3.42. The highest BCUT2D eigenvalue weighted by molar-refractivity contribution is 7.07. The molecule has 0 spiro atoms. The zero-order valence-electron chi connectivity index (χ0n) is 14.8. The Balaban J connectivity index is 1.49. The number of aryl methyl sites for hydroxylation is 1. The molecule has 6 nitrogen and oxygen atoms in total. The number of hydrogen-bond donors (Lipinski definition) is 1. The number of thiazole rings is 1. The van der Waals surface area contributed by atoms with Gasteiger partial charge in [0.2, 0.25) is 0 Å². The Hall–Kier alpha value is -2.38. The second kappa shape index (κ2) is 7.88. The predicted octanol–water partition coefficient (Wildman–Crippen LogP) is 3.76. The standard InChI is InChI=1S/C19H22N6S/c1-14-22-17(9-19(23-14)24-18-6-2-3-7-20-18)15-5-4-8-25(10-15)11-16-12-26-13-21-16/h2-3,6-7,9,12-13,15H,4-5,8,10-11H2,1H3,(H,20,22,23,24). The summed E-state index contributed by atoms with van der Waals surface area (Å²) in [4.78, 5) is 20.4. The minimum absolute atomic E-state index is 0.424. The van der Waals surface area contributed by atoms with E-state index in [-0.39, 0.29) is 0 Å². The number of pyridine rings is 1. The summed E-state index contributed by atoms with van der Waals surface area (Å²) in [6.45, 7) is 5.00. The zero-order chi connectivity index (χ0) is 17.8. The minimum Gasteiger partial charge on any atom is -0.325 e. The minimum atomic E-state index is 0.424. The van der Waals surface area contributed by atoms with Gasteiger partial charge in [-0.3, -0.25) is 4.90 Å². The van der Waals surface area contributed by atoms with Crippen LogP contribution in [0.4, 0.5) is 11.6 Å². The molecule has 0 aliphatic carbocycles. The molecule has 3 aromatic rings. The Bertz CT molecular complexity index is 837. The molecule has 3 aromatic heterocycles. The Morgan fingerprint density at radius 3 is 3.00 bits per heavy atom. The van der Waals surface area contributed by atoms with Crippen molar-refractivity contribution in [2.24, 2.45) is 0 Å². The molecule has 1 atom stereocenters. The second-order valence-corrected chi connectivity index (χ2v) is 7.34. The molecule has 26 heavy (non-hydrogen) atoms. The lowest BCUT2D eigenvalue weighted by atomic mass is 9.94. The summed E-state index contributed by atoms with van der Waals surface area (Å²) in [5, 5.41) is 5.42. The molecule has 0 amide bonds. The molecule has 1 fully saturated rings. The summed E-state index contributed by atoms with van der Waals surface area (Å²) in [6.07, 6.45) is 4.11. The lowest BCUT2D eigenvalue weighted by molar-refractivity contribution is 0.196. The fourth-order valence-corrected chi connectivity index (χ4v) is 3.97. The maximum absolute atomic E-state index is 4.72. The maximum Gasteiger partial charge on any atom is 0.135 e. The van der Waals surface area contributed by atoms with E-state index in [9.17, 15) is 0 Å². The van der Waals surface area contributed by atoms with Gasteiger partial charge in [0.1, 0.15) is 17.5 Å². The normalized spacial score (nSPS) is 18.0. The molecule has 0 bridgehead atoms. The summed E-state index contributed by atoms with van der Waals surface area (Å²) in [5.74, 6) is 2.82. The van der Waals surface area contributed by atoms with Crippen LogP contribution in [0.3, 0.4) is 0 Å². The van der Waals surface area contributed by atoms with Gasteiger partial charge in [0, 0.05) is 36.7 Å². The van der Waals surface area contributed by atoms with Crippen molar-refractivity contribution in [2.75, 3.05) is 18.4 Å². The number of aromatic nitrogens is 4. The van der Waals surface area contributed by atoms with E-state index in [4.69, 9.17) is 4.98 Å². The third kappa shape index (κ3) is 4.23. The van der Waals surface area contributed by atoms with Crippen molar-refractivity contribution in [3.8, 4) is 0 Å². The monoisotopic (exact) mass is 366 g/mol. The number of nitrogens with zero attached hydrogens (tertiary/aromatic N) is 5. The lowest BCUT2D eigenvalue weighted by Crippen LogP contribution is -2.34. The summed E-state index contributed by atoms with van der Waals surface area (Å²) in [6, 6.07) is 7.87. The summed E-state index contributed by atoms with van der Waals surface area (Å²) in [5.41, 5.74) is 4.17. The average Bonchev–Trinajstić information content (AvgIpc) is 3.15. The van der Waals surface area contributed by atoms with E-state index >= 15 is 0 Å². The molecule has 134 valence electrons. The maximum atomic E-state index is 4.72. The molecule has 1 aliphatic rings. The first-order valence-electron chi connectivity index (χ1n) is 8.89. The number of hydrogen-bond acceptors (Lipinski definition) is 7. The molecule has 0 aromatic carbocycles. The van der Waals surface area contributed by atoms with Gasteiger partial charge in [0.05, 0.1) is 16.9 Å². The van der Waals surface area contributed by atoms with Gasteiger partial charge in [0.25, 0.3) is 0 Å². The average molecular weight is 366 g/mol. The molecule has 1 aliphatic heterocycles. The molecule has 0 radical (unpaired) electrons.